The van der Waals surface area contributed by atoms with E-state index < -0.39 is 0 Å². The Morgan fingerprint density at radius 1 is 1.38 bits per heavy atom. The minimum absolute atomic E-state index is 0.832. The van der Waals surface area contributed by atoms with E-state index >= 15 is 0 Å². The first-order valence-corrected chi connectivity index (χ1v) is 5.91. The molecule has 0 saturated heterocycles. The molecule has 0 bridgehead atoms. The Kier molecular flexibility index (Phi) is 3.22. The molecule has 86 valence electrons. The summed E-state index contributed by atoms with van der Waals surface area (Å²) in [4.78, 5) is 0. The highest BCUT2D eigenvalue weighted by atomic mass is 35.5. The Morgan fingerprint density at radius 3 is 2.81 bits per heavy atom. The number of likely N-dealkylation sites (N-methyl/N-ethyl adjacent to an activating group) is 1. The van der Waals surface area contributed by atoms with E-state index in [2.05, 4.69) is 29.9 Å². The summed E-state index contributed by atoms with van der Waals surface area (Å²) in [5, 5.41) is 5.30. The fourth-order valence-corrected chi connectivity index (χ4v) is 2.53. The number of fused-ring (bicyclic) bond motifs is 1. The van der Waals surface area contributed by atoms with Crippen molar-refractivity contribution in [3.63, 3.8) is 0 Å². The molecule has 3 heteroatoms. The molecule has 0 radical (unpaired) electrons. The smallest absolute Gasteiger partial charge is 0.0672 e. The molecule has 0 atom stereocenters. The van der Waals surface area contributed by atoms with Gasteiger partial charge in [-0.3, -0.25) is 0 Å². The minimum atomic E-state index is 0.832. The van der Waals surface area contributed by atoms with Crippen molar-refractivity contribution in [2.75, 3.05) is 13.6 Å². The first kappa shape index (κ1) is 11.5. The van der Waals surface area contributed by atoms with Crippen molar-refractivity contribution in [1.82, 2.24) is 9.88 Å². The maximum Gasteiger partial charge on any atom is 0.0672 e. The molecule has 2 nitrogen and oxygen atoms in total. The summed E-state index contributed by atoms with van der Waals surface area (Å²) in [7, 11) is 4.06. The van der Waals surface area contributed by atoms with Crippen LogP contribution < -0.4 is 5.32 Å². The molecule has 1 aromatic heterocycles. The van der Waals surface area contributed by atoms with Gasteiger partial charge < -0.3 is 9.88 Å². The number of hydrogen-bond acceptors (Lipinski definition) is 1. The van der Waals surface area contributed by atoms with Crippen molar-refractivity contribution in [2.24, 2.45) is 7.05 Å². The number of nitrogens with one attached hydrogen (secondary N) is 1. The summed E-state index contributed by atoms with van der Waals surface area (Å²) in [5.74, 6) is 0. The Hall–Kier alpha value is -0.990. The quantitative estimate of drug-likeness (QED) is 0.867. The zero-order chi connectivity index (χ0) is 11.7. The average Bonchev–Trinajstić information content (AvgIpc) is 2.51. The highest BCUT2D eigenvalue weighted by Gasteiger charge is 2.12. The van der Waals surface area contributed by atoms with Crippen LogP contribution in [0.1, 0.15) is 11.3 Å². The van der Waals surface area contributed by atoms with E-state index in [-0.39, 0.29) is 0 Å². The number of hydrogen-bond donors (Lipinski definition) is 1. The highest BCUT2D eigenvalue weighted by Crippen LogP contribution is 2.30. The van der Waals surface area contributed by atoms with Crippen LogP contribution in [0.5, 0.6) is 0 Å². The standard InChI is InChI=1S/C13H17ClN2/c1-9-10(7-8-15-2)11-5-4-6-12(14)13(11)16(9)3/h4-6,15H,7-8H2,1-3H3. The number of aromatic nitrogens is 1. The van der Waals surface area contributed by atoms with Gasteiger partial charge in [-0.15, -0.1) is 0 Å². The average molecular weight is 237 g/mol. The van der Waals surface area contributed by atoms with Crippen molar-refractivity contribution in [1.29, 1.82) is 0 Å². The molecule has 1 N–H and O–H groups in total. The Bertz CT molecular complexity index is 514. The molecule has 0 fully saturated rings. The van der Waals surface area contributed by atoms with Crippen molar-refractivity contribution in [3.8, 4) is 0 Å². The maximum atomic E-state index is 6.25. The van der Waals surface area contributed by atoms with Crippen LogP contribution in [0.3, 0.4) is 0 Å². The van der Waals surface area contributed by atoms with Gasteiger partial charge in [0, 0.05) is 18.1 Å². The number of halogens is 1. The summed E-state index contributed by atoms with van der Waals surface area (Å²) in [6.07, 6.45) is 1.04. The van der Waals surface area contributed by atoms with Gasteiger partial charge in [0.1, 0.15) is 0 Å². The number of benzene rings is 1. The summed E-state index contributed by atoms with van der Waals surface area (Å²) < 4.78 is 2.18. The van der Waals surface area contributed by atoms with Crippen LogP contribution in [0.25, 0.3) is 10.9 Å². The molecule has 0 amide bonds. The van der Waals surface area contributed by atoms with Gasteiger partial charge in [-0.1, -0.05) is 23.7 Å². The lowest BCUT2D eigenvalue weighted by molar-refractivity contribution is 0.783. The molecule has 0 saturated carbocycles. The fourth-order valence-electron chi connectivity index (χ4n) is 2.23. The first-order chi connectivity index (χ1) is 7.66. The second-order valence-electron chi connectivity index (χ2n) is 4.11. The van der Waals surface area contributed by atoms with Crippen LogP contribution >= 0.6 is 11.6 Å². The van der Waals surface area contributed by atoms with E-state index in [0.717, 1.165) is 23.5 Å². The molecular formula is C13H17ClN2. The summed E-state index contributed by atoms with van der Waals surface area (Å²) in [5.41, 5.74) is 3.85. The van der Waals surface area contributed by atoms with Crippen LogP contribution in [0.15, 0.2) is 18.2 Å². The van der Waals surface area contributed by atoms with E-state index in [0.29, 0.717) is 0 Å². The van der Waals surface area contributed by atoms with E-state index in [4.69, 9.17) is 11.6 Å². The highest BCUT2D eigenvalue weighted by molar-refractivity contribution is 6.35. The number of nitrogens with zero attached hydrogens (tertiary/aromatic N) is 1. The summed E-state index contributed by atoms with van der Waals surface area (Å²) >= 11 is 6.25. The molecule has 1 aromatic carbocycles. The monoisotopic (exact) mass is 236 g/mol. The number of aryl methyl sites for hydroxylation is 1. The van der Waals surface area contributed by atoms with Gasteiger partial charge in [0.05, 0.1) is 10.5 Å². The van der Waals surface area contributed by atoms with Crippen LogP contribution in [0.2, 0.25) is 5.02 Å². The predicted octanol–water partition coefficient (Wildman–Crippen LogP) is 2.90. The molecule has 0 unspecified atom stereocenters. The SMILES string of the molecule is CNCCc1c(C)n(C)c2c(Cl)cccc12. The van der Waals surface area contributed by atoms with Crippen molar-refractivity contribution in [2.45, 2.75) is 13.3 Å². The fraction of sp³-hybridized carbons (Fsp3) is 0.385. The lowest BCUT2D eigenvalue weighted by Crippen LogP contribution is -2.10. The predicted molar refractivity (Wildman–Crippen MR) is 70.3 cm³/mol. The van der Waals surface area contributed by atoms with E-state index in [1.165, 1.54) is 16.6 Å². The van der Waals surface area contributed by atoms with E-state index in [9.17, 15) is 0 Å². The second kappa shape index (κ2) is 4.48. The molecule has 2 rings (SSSR count). The van der Waals surface area contributed by atoms with Gasteiger partial charge in [-0.2, -0.15) is 0 Å². The molecule has 1 heterocycles. The topological polar surface area (TPSA) is 17.0 Å². The first-order valence-electron chi connectivity index (χ1n) is 5.53. The summed E-state index contributed by atoms with van der Waals surface area (Å²) in [6, 6.07) is 6.12. The third kappa shape index (κ3) is 1.72. The van der Waals surface area contributed by atoms with Crippen LogP contribution in [-0.2, 0) is 13.5 Å². The van der Waals surface area contributed by atoms with Gasteiger partial charge in [-0.05, 0) is 38.6 Å². The largest absolute Gasteiger partial charge is 0.346 e. The molecular weight excluding hydrogens is 220 g/mol. The molecule has 2 aromatic rings. The molecule has 0 aliphatic rings. The zero-order valence-corrected chi connectivity index (χ0v) is 10.7. The number of para-hydroxylation sites is 1. The van der Waals surface area contributed by atoms with Crippen molar-refractivity contribution >= 4 is 22.5 Å². The minimum Gasteiger partial charge on any atom is -0.346 e. The van der Waals surface area contributed by atoms with Gasteiger partial charge in [0.2, 0.25) is 0 Å². The van der Waals surface area contributed by atoms with Gasteiger partial charge in [-0.25, -0.2) is 0 Å². The van der Waals surface area contributed by atoms with Crippen LogP contribution in [-0.4, -0.2) is 18.2 Å². The molecule has 0 spiro atoms. The third-order valence-corrected chi connectivity index (χ3v) is 3.52. The van der Waals surface area contributed by atoms with Crippen molar-refractivity contribution in [3.05, 3.63) is 34.5 Å². The zero-order valence-electron chi connectivity index (χ0n) is 9.97. The Balaban J connectivity index is 2.64. The van der Waals surface area contributed by atoms with Gasteiger partial charge >= 0.3 is 0 Å². The maximum absolute atomic E-state index is 6.25. The lowest BCUT2D eigenvalue weighted by Gasteiger charge is -2.01. The molecule has 0 aliphatic heterocycles. The molecule has 16 heavy (non-hydrogen) atoms. The third-order valence-electron chi connectivity index (χ3n) is 3.21. The van der Waals surface area contributed by atoms with Gasteiger partial charge in [0.15, 0.2) is 0 Å². The second-order valence-corrected chi connectivity index (χ2v) is 4.52. The Morgan fingerprint density at radius 2 is 2.12 bits per heavy atom. The van der Waals surface area contributed by atoms with Gasteiger partial charge in [0.25, 0.3) is 0 Å². The number of rotatable bonds is 3. The normalized spacial score (nSPS) is 11.2. The summed E-state index contributed by atoms with van der Waals surface area (Å²) in [6.45, 7) is 3.15. The van der Waals surface area contributed by atoms with E-state index in [1.807, 2.05) is 19.2 Å². The Labute approximate surface area is 101 Å². The van der Waals surface area contributed by atoms with Crippen molar-refractivity contribution < 1.29 is 0 Å². The lowest BCUT2D eigenvalue weighted by atomic mass is 10.1. The van der Waals surface area contributed by atoms with Crippen LogP contribution in [0, 0.1) is 6.92 Å². The molecule has 0 aliphatic carbocycles. The van der Waals surface area contributed by atoms with Crippen LogP contribution in [0.4, 0.5) is 0 Å². The van der Waals surface area contributed by atoms with E-state index in [1.54, 1.807) is 0 Å².